The Kier molecular flexibility index (Phi) is 4.98. The number of anilines is 1. The maximum atomic E-state index is 11.7. The molecule has 2 aromatic rings. The molecular weight excluding hydrogens is 294 g/mol. The van der Waals surface area contributed by atoms with Crippen molar-refractivity contribution in [2.75, 3.05) is 12.4 Å². The zero-order valence-corrected chi connectivity index (χ0v) is 12.9. The van der Waals surface area contributed by atoms with Gasteiger partial charge in [0.15, 0.2) is 0 Å². The minimum absolute atomic E-state index is 0.190. The normalized spacial score (nSPS) is 10.3. The number of thiazole rings is 1. The zero-order chi connectivity index (χ0) is 14.5. The first-order chi connectivity index (χ1) is 9.63. The quantitative estimate of drug-likeness (QED) is 0.890. The van der Waals surface area contributed by atoms with Crippen LogP contribution < -0.4 is 10.6 Å². The van der Waals surface area contributed by atoms with Crippen LogP contribution in [0.1, 0.15) is 27.2 Å². The standard InChI is InChI=1S/C14H16ClN3OS/c1-3-13-18-8-10(20-13)7-17-9-4-5-12(15)11(6-9)14(19)16-2/h4-6,8,17H,3,7H2,1-2H3,(H,16,19). The second kappa shape index (κ2) is 6.72. The Balaban J connectivity index is 2.08. The molecule has 6 heteroatoms. The Hall–Kier alpha value is -1.59. The first kappa shape index (κ1) is 14.8. The molecule has 0 aliphatic heterocycles. The van der Waals surface area contributed by atoms with Crippen molar-refractivity contribution in [2.24, 2.45) is 0 Å². The van der Waals surface area contributed by atoms with Crippen molar-refractivity contribution in [1.82, 2.24) is 10.3 Å². The Morgan fingerprint density at radius 3 is 2.90 bits per heavy atom. The number of nitrogens with one attached hydrogen (secondary N) is 2. The number of halogens is 1. The number of benzene rings is 1. The molecule has 106 valence electrons. The average molecular weight is 310 g/mol. The molecule has 2 rings (SSSR count). The highest BCUT2D eigenvalue weighted by atomic mass is 35.5. The van der Waals surface area contributed by atoms with Gasteiger partial charge in [-0.1, -0.05) is 18.5 Å². The molecule has 1 aromatic heterocycles. The van der Waals surface area contributed by atoms with Crippen LogP contribution in [0.25, 0.3) is 0 Å². The SMILES string of the molecule is CCc1ncc(CNc2ccc(Cl)c(C(=O)NC)c2)s1. The third-order valence-electron chi connectivity index (χ3n) is 2.81. The van der Waals surface area contributed by atoms with Crippen LogP contribution >= 0.6 is 22.9 Å². The van der Waals surface area contributed by atoms with Crippen LogP contribution in [0, 0.1) is 0 Å². The second-order valence-electron chi connectivity index (χ2n) is 4.20. The molecule has 0 aliphatic carbocycles. The summed E-state index contributed by atoms with van der Waals surface area (Å²) >= 11 is 7.70. The molecule has 4 nitrogen and oxygen atoms in total. The largest absolute Gasteiger partial charge is 0.380 e. The summed E-state index contributed by atoms with van der Waals surface area (Å²) in [5.74, 6) is -0.190. The number of carbonyl (C=O) groups excluding carboxylic acids is 1. The van der Waals surface area contributed by atoms with Crippen LogP contribution in [-0.2, 0) is 13.0 Å². The Morgan fingerprint density at radius 2 is 2.25 bits per heavy atom. The molecule has 20 heavy (non-hydrogen) atoms. The summed E-state index contributed by atoms with van der Waals surface area (Å²) in [6.07, 6.45) is 2.83. The van der Waals surface area contributed by atoms with E-state index in [4.69, 9.17) is 11.6 Å². The van der Waals surface area contributed by atoms with Crippen molar-refractivity contribution >= 4 is 34.5 Å². The van der Waals surface area contributed by atoms with Gasteiger partial charge in [0.1, 0.15) is 0 Å². The van der Waals surface area contributed by atoms with Crippen LogP contribution in [0.15, 0.2) is 24.4 Å². The number of hydrogen-bond donors (Lipinski definition) is 2. The Labute approximate surface area is 127 Å². The number of rotatable bonds is 5. The van der Waals surface area contributed by atoms with Gasteiger partial charge in [-0.15, -0.1) is 11.3 Å². The van der Waals surface area contributed by atoms with E-state index in [9.17, 15) is 4.79 Å². The third kappa shape index (κ3) is 3.49. The fourth-order valence-electron chi connectivity index (χ4n) is 1.73. The van der Waals surface area contributed by atoms with Crippen molar-refractivity contribution in [2.45, 2.75) is 19.9 Å². The van der Waals surface area contributed by atoms with Gasteiger partial charge in [-0.3, -0.25) is 4.79 Å². The summed E-state index contributed by atoms with van der Waals surface area (Å²) in [6.45, 7) is 2.78. The number of aromatic nitrogens is 1. The fraction of sp³-hybridized carbons (Fsp3) is 0.286. The first-order valence-electron chi connectivity index (χ1n) is 6.33. The van der Waals surface area contributed by atoms with E-state index in [0.717, 1.165) is 17.1 Å². The highest BCUT2D eigenvalue weighted by Gasteiger charge is 2.09. The first-order valence-corrected chi connectivity index (χ1v) is 7.52. The maximum Gasteiger partial charge on any atom is 0.252 e. The van der Waals surface area contributed by atoms with Crippen LogP contribution in [-0.4, -0.2) is 17.9 Å². The Bertz CT molecular complexity index is 612. The van der Waals surface area contributed by atoms with Gasteiger partial charge in [-0.05, 0) is 24.6 Å². The fourth-order valence-corrected chi connectivity index (χ4v) is 2.73. The summed E-state index contributed by atoms with van der Waals surface area (Å²) < 4.78 is 0. The molecule has 0 spiro atoms. The van der Waals surface area contributed by atoms with Crippen molar-refractivity contribution < 1.29 is 4.79 Å². The highest BCUT2D eigenvalue weighted by Crippen LogP contribution is 2.22. The molecule has 0 atom stereocenters. The molecule has 2 N–H and O–H groups in total. The van der Waals surface area contributed by atoms with Gasteiger partial charge in [0, 0.05) is 23.8 Å². The van der Waals surface area contributed by atoms with Crippen molar-refractivity contribution in [1.29, 1.82) is 0 Å². The lowest BCUT2D eigenvalue weighted by atomic mass is 10.2. The van der Waals surface area contributed by atoms with Crippen molar-refractivity contribution in [3.8, 4) is 0 Å². The van der Waals surface area contributed by atoms with E-state index in [0.29, 0.717) is 17.1 Å². The molecule has 1 aromatic carbocycles. The van der Waals surface area contributed by atoms with Crippen LogP contribution in [0.4, 0.5) is 5.69 Å². The lowest BCUT2D eigenvalue weighted by molar-refractivity contribution is 0.0963. The molecule has 0 radical (unpaired) electrons. The van der Waals surface area contributed by atoms with Gasteiger partial charge in [-0.2, -0.15) is 0 Å². The summed E-state index contributed by atoms with van der Waals surface area (Å²) in [6, 6.07) is 5.33. The predicted molar refractivity (Wildman–Crippen MR) is 83.7 cm³/mol. The number of carbonyl (C=O) groups is 1. The monoisotopic (exact) mass is 309 g/mol. The van der Waals surface area contributed by atoms with Gasteiger partial charge in [0.05, 0.1) is 22.1 Å². The molecule has 0 aliphatic rings. The molecule has 0 unspecified atom stereocenters. The van der Waals surface area contributed by atoms with E-state index in [-0.39, 0.29) is 5.91 Å². The molecule has 0 saturated heterocycles. The Morgan fingerprint density at radius 1 is 1.45 bits per heavy atom. The van der Waals surface area contributed by atoms with E-state index >= 15 is 0 Å². The molecule has 1 heterocycles. The molecule has 1 amide bonds. The third-order valence-corrected chi connectivity index (χ3v) is 4.28. The lowest BCUT2D eigenvalue weighted by Gasteiger charge is -2.08. The second-order valence-corrected chi connectivity index (χ2v) is 5.81. The van der Waals surface area contributed by atoms with E-state index < -0.39 is 0 Å². The predicted octanol–water partition coefficient (Wildman–Crippen LogP) is 3.33. The summed E-state index contributed by atoms with van der Waals surface area (Å²) in [7, 11) is 1.59. The summed E-state index contributed by atoms with van der Waals surface area (Å²) in [4.78, 5) is 17.2. The van der Waals surface area contributed by atoms with E-state index in [1.807, 2.05) is 12.3 Å². The van der Waals surface area contributed by atoms with E-state index in [2.05, 4.69) is 22.5 Å². The zero-order valence-electron chi connectivity index (χ0n) is 11.4. The van der Waals surface area contributed by atoms with Gasteiger partial charge >= 0.3 is 0 Å². The maximum absolute atomic E-state index is 11.7. The van der Waals surface area contributed by atoms with Crippen LogP contribution in [0.2, 0.25) is 5.02 Å². The van der Waals surface area contributed by atoms with Gasteiger partial charge in [-0.25, -0.2) is 4.98 Å². The van der Waals surface area contributed by atoms with E-state index in [1.54, 1.807) is 30.5 Å². The number of hydrogen-bond acceptors (Lipinski definition) is 4. The lowest BCUT2D eigenvalue weighted by Crippen LogP contribution is -2.18. The van der Waals surface area contributed by atoms with Gasteiger partial charge < -0.3 is 10.6 Å². The molecule has 0 saturated carbocycles. The number of aryl methyl sites for hydroxylation is 1. The number of nitrogens with zero attached hydrogens (tertiary/aromatic N) is 1. The van der Waals surface area contributed by atoms with E-state index in [1.165, 1.54) is 4.88 Å². The minimum Gasteiger partial charge on any atom is -0.380 e. The molecule has 0 fully saturated rings. The summed E-state index contributed by atoms with van der Waals surface area (Å²) in [5.41, 5.74) is 1.33. The smallest absolute Gasteiger partial charge is 0.252 e. The van der Waals surface area contributed by atoms with Crippen LogP contribution in [0.3, 0.4) is 0 Å². The summed E-state index contributed by atoms with van der Waals surface area (Å²) in [5, 5.41) is 7.43. The highest BCUT2D eigenvalue weighted by molar-refractivity contribution is 7.11. The van der Waals surface area contributed by atoms with Gasteiger partial charge in [0.25, 0.3) is 5.91 Å². The van der Waals surface area contributed by atoms with Crippen molar-refractivity contribution in [3.63, 3.8) is 0 Å². The van der Waals surface area contributed by atoms with Crippen molar-refractivity contribution in [3.05, 3.63) is 44.9 Å². The minimum atomic E-state index is -0.190. The van der Waals surface area contributed by atoms with Gasteiger partial charge in [0.2, 0.25) is 0 Å². The van der Waals surface area contributed by atoms with Crippen LogP contribution in [0.5, 0.6) is 0 Å². The topological polar surface area (TPSA) is 54.0 Å². The molecular formula is C14H16ClN3OS. The molecule has 0 bridgehead atoms. The number of amides is 1. The average Bonchev–Trinajstić information content (AvgIpc) is 2.93.